The van der Waals surface area contributed by atoms with Gasteiger partial charge in [0, 0.05) is 30.8 Å². The van der Waals surface area contributed by atoms with E-state index in [1.807, 2.05) is 43.3 Å². The zero-order valence-electron chi connectivity index (χ0n) is 21.1. The summed E-state index contributed by atoms with van der Waals surface area (Å²) < 4.78 is 24.7. The van der Waals surface area contributed by atoms with Crippen LogP contribution in [0.2, 0.25) is 0 Å². The van der Waals surface area contributed by atoms with Gasteiger partial charge in [-0.1, -0.05) is 29.5 Å². The SMILES string of the molecule is CCOC(=O)C1=C(C)N=c2s/c(=C\c3ccc(N4CCOCC4)o3)c(=O)n2C1c1ccccc1OCC. The summed E-state index contributed by atoms with van der Waals surface area (Å²) in [6.45, 7) is 8.88. The highest BCUT2D eigenvalue weighted by atomic mass is 32.1. The van der Waals surface area contributed by atoms with Gasteiger partial charge in [0.1, 0.15) is 17.6 Å². The minimum atomic E-state index is -0.735. The Kier molecular flexibility index (Phi) is 7.29. The van der Waals surface area contributed by atoms with E-state index in [4.69, 9.17) is 18.6 Å². The number of ether oxygens (including phenoxy) is 3. The first-order valence-corrected chi connectivity index (χ1v) is 13.2. The Balaban J connectivity index is 1.63. The minimum absolute atomic E-state index is 0.212. The van der Waals surface area contributed by atoms with Gasteiger partial charge < -0.3 is 23.5 Å². The number of thiazole rings is 1. The molecule has 0 bridgehead atoms. The summed E-state index contributed by atoms with van der Waals surface area (Å²) in [7, 11) is 0. The molecule has 3 aromatic rings. The van der Waals surface area contributed by atoms with E-state index in [1.54, 1.807) is 24.5 Å². The molecular weight excluding hydrogens is 494 g/mol. The summed E-state index contributed by atoms with van der Waals surface area (Å²) in [5, 5.41) is 0. The first-order valence-electron chi connectivity index (χ1n) is 12.4. The monoisotopic (exact) mass is 523 g/mol. The lowest BCUT2D eigenvalue weighted by molar-refractivity contribution is -0.139. The molecule has 2 aliphatic heterocycles. The maximum Gasteiger partial charge on any atom is 0.338 e. The number of para-hydroxylation sites is 1. The average Bonchev–Trinajstić information content (AvgIpc) is 3.49. The van der Waals surface area contributed by atoms with Crippen molar-refractivity contribution in [2.24, 2.45) is 4.99 Å². The molecule has 1 atom stereocenters. The normalized spacial score (nSPS) is 18.0. The molecule has 5 rings (SSSR count). The molecule has 9 nitrogen and oxygen atoms in total. The zero-order chi connectivity index (χ0) is 25.9. The van der Waals surface area contributed by atoms with E-state index in [0.717, 1.165) is 19.0 Å². The number of carbonyl (C=O) groups is 1. The van der Waals surface area contributed by atoms with Crippen LogP contribution in [0.1, 0.15) is 38.1 Å². The van der Waals surface area contributed by atoms with Crippen molar-refractivity contribution >= 4 is 29.3 Å². The van der Waals surface area contributed by atoms with Crippen LogP contribution in [-0.4, -0.2) is 50.1 Å². The molecule has 37 heavy (non-hydrogen) atoms. The highest BCUT2D eigenvalue weighted by Crippen LogP contribution is 2.35. The van der Waals surface area contributed by atoms with Crippen LogP contribution in [-0.2, 0) is 14.3 Å². The molecule has 2 aliphatic rings. The first-order chi connectivity index (χ1) is 18.0. The summed E-state index contributed by atoms with van der Waals surface area (Å²) in [5.41, 5.74) is 1.26. The molecule has 10 heteroatoms. The predicted molar refractivity (Wildman–Crippen MR) is 140 cm³/mol. The van der Waals surface area contributed by atoms with Crippen molar-refractivity contribution < 1.29 is 23.4 Å². The zero-order valence-corrected chi connectivity index (χ0v) is 21.9. The van der Waals surface area contributed by atoms with E-state index in [9.17, 15) is 9.59 Å². The minimum Gasteiger partial charge on any atom is -0.494 e. The van der Waals surface area contributed by atoms with Crippen LogP contribution >= 0.6 is 11.3 Å². The molecule has 0 radical (unpaired) electrons. The Morgan fingerprint density at radius 3 is 2.70 bits per heavy atom. The van der Waals surface area contributed by atoms with E-state index in [0.29, 0.717) is 57.5 Å². The van der Waals surface area contributed by atoms with E-state index >= 15 is 0 Å². The summed E-state index contributed by atoms with van der Waals surface area (Å²) >= 11 is 1.26. The van der Waals surface area contributed by atoms with Gasteiger partial charge in [0.15, 0.2) is 10.7 Å². The third kappa shape index (κ3) is 4.86. The van der Waals surface area contributed by atoms with Crippen molar-refractivity contribution in [3.63, 3.8) is 0 Å². The predicted octanol–water partition coefficient (Wildman–Crippen LogP) is 2.63. The van der Waals surface area contributed by atoms with Crippen LogP contribution < -0.4 is 24.5 Å². The van der Waals surface area contributed by atoms with Crippen molar-refractivity contribution in [2.45, 2.75) is 26.8 Å². The number of hydrogen-bond donors (Lipinski definition) is 0. The van der Waals surface area contributed by atoms with E-state index in [1.165, 1.54) is 11.3 Å². The third-order valence-corrected chi connectivity index (χ3v) is 7.22. The fourth-order valence-corrected chi connectivity index (χ4v) is 5.61. The summed E-state index contributed by atoms with van der Waals surface area (Å²) in [4.78, 5) is 34.2. The fourth-order valence-electron chi connectivity index (χ4n) is 4.58. The average molecular weight is 524 g/mol. The Morgan fingerprint density at radius 2 is 1.95 bits per heavy atom. The molecule has 1 fully saturated rings. The number of nitrogens with zero attached hydrogens (tertiary/aromatic N) is 3. The van der Waals surface area contributed by atoms with Gasteiger partial charge in [0.2, 0.25) is 0 Å². The molecule has 0 saturated carbocycles. The summed E-state index contributed by atoms with van der Waals surface area (Å²) in [6, 6.07) is 10.4. The highest BCUT2D eigenvalue weighted by Gasteiger charge is 2.35. The number of carbonyl (C=O) groups excluding carboxylic acids is 1. The lowest BCUT2D eigenvalue weighted by atomic mass is 9.95. The van der Waals surface area contributed by atoms with Gasteiger partial charge in [-0.2, -0.15) is 0 Å². The van der Waals surface area contributed by atoms with E-state index < -0.39 is 12.0 Å². The molecule has 1 saturated heterocycles. The topological polar surface area (TPSA) is 95.5 Å². The number of benzene rings is 1. The summed E-state index contributed by atoms with van der Waals surface area (Å²) in [5.74, 6) is 1.41. The smallest absolute Gasteiger partial charge is 0.338 e. The van der Waals surface area contributed by atoms with Crippen molar-refractivity contribution in [3.05, 3.63) is 78.7 Å². The Hall–Kier alpha value is -3.63. The number of rotatable bonds is 7. The van der Waals surface area contributed by atoms with Crippen molar-refractivity contribution in [3.8, 4) is 5.75 Å². The van der Waals surface area contributed by atoms with Crippen molar-refractivity contribution in [1.82, 2.24) is 4.57 Å². The lowest BCUT2D eigenvalue weighted by Crippen LogP contribution is -2.40. The van der Waals surface area contributed by atoms with Crippen LogP contribution in [0, 0.1) is 0 Å². The van der Waals surface area contributed by atoms with Gasteiger partial charge in [-0.05, 0) is 32.9 Å². The van der Waals surface area contributed by atoms with Crippen molar-refractivity contribution in [1.29, 1.82) is 0 Å². The molecule has 4 heterocycles. The van der Waals surface area contributed by atoms with Gasteiger partial charge in [-0.3, -0.25) is 9.36 Å². The second kappa shape index (κ2) is 10.8. The first kappa shape index (κ1) is 25.0. The molecule has 0 spiro atoms. The number of anilines is 1. The molecule has 0 N–H and O–H groups in total. The Morgan fingerprint density at radius 1 is 1.16 bits per heavy atom. The fraction of sp³-hybridized carbons (Fsp3) is 0.370. The number of aromatic nitrogens is 1. The van der Waals surface area contributed by atoms with Crippen LogP contribution in [0.15, 0.2) is 61.9 Å². The van der Waals surface area contributed by atoms with Crippen LogP contribution in [0.5, 0.6) is 5.75 Å². The Bertz CT molecular complexity index is 1510. The molecule has 0 aliphatic carbocycles. The maximum absolute atomic E-state index is 13.8. The van der Waals surface area contributed by atoms with Gasteiger partial charge >= 0.3 is 5.97 Å². The van der Waals surface area contributed by atoms with E-state index in [2.05, 4.69) is 9.89 Å². The van der Waals surface area contributed by atoms with Gasteiger partial charge in [0.25, 0.3) is 5.56 Å². The molecule has 2 aromatic heterocycles. The van der Waals surface area contributed by atoms with Gasteiger partial charge in [-0.25, -0.2) is 9.79 Å². The van der Waals surface area contributed by atoms with Gasteiger partial charge in [0.05, 0.1) is 42.2 Å². The number of esters is 1. The molecule has 0 amide bonds. The maximum atomic E-state index is 13.8. The number of morpholine rings is 1. The number of hydrogen-bond acceptors (Lipinski definition) is 9. The number of fused-ring (bicyclic) bond motifs is 1. The number of allylic oxidation sites excluding steroid dienone is 1. The van der Waals surface area contributed by atoms with Crippen LogP contribution in [0.3, 0.4) is 0 Å². The van der Waals surface area contributed by atoms with Gasteiger partial charge in [-0.15, -0.1) is 0 Å². The molecule has 194 valence electrons. The third-order valence-electron chi connectivity index (χ3n) is 6.24. The second-order valence-corrected chi connectivity index (χ2v) is 9.56. The molecular formula is C27H29N3O6S. The molecule has 1 unspecified atom stereocenters. The quantitative estimate of drug-likeness (QED) is 0.440. The van der Waals surface area contributed by atoms with Crippen molar-refractivity contribution in [2.75, 3.05) is 44.4 Å². The second-order valence-electron chi connectivity index (χ2n) is 8.55. The van der Waals surface area contributed by atoms with E-state index in [-0.39, 0.29) is 12.2 Å². The summed E-state index contributed by atoms with van der Waals surface area (Å²) in [6.07, 6.45) is 1.72. The Labute approximate surface area is 217 Å². The standard InChI is InChI=1S/C27H29N3O6S/c1-4-34-20-9-7-6-8-19(20)24-23(26(32)35-5-2)17(3)28-27-30(24)25(31)21(37-27)16-18-10-11-22(36-18)29-12-14-33-15-13-29/h6-11,16,24H,4-5,12-15H2,1-3H3/b21-16-. The number of furan rings is 1. The highest BCUT2D eigenvalue weighted by molar-refractivity contribution is 7.07. The molecule has 1 aromatic carbocycles. The largest absolute Gasteiger partial charge is 0.494 e. The van der Waals surface area contributed by atoms with Crippen LogP contribution in [0.4, 0.5) is 5.88 Å². The van der Waals surface area contributed by atoms with Crippen LogP contribution in [0.25, 0.3) is 6.08 Å². The lowest BCUT2D eigenvalue weighted by Gasteiger charge is -2.26.